The SMILES string of the molecule is O=C(CNc1ccc(Cl)c(Cl)c1)NC(=O)NCC(F)(F)F. The Hall–Kier alpha value is -1.67. The van der Waals surface area contributed by atoms with Crippen LogP contribution in [0.25, 0.3) is 0 Å². The van der Waals surface area contributed by atoms with Crippen molar-refractivity contribution < 1.29 is 22.8 Å². The molecule has 3 N–H and O–H groups in total. The minimum absolute atomic E-state index is 0.269. The van der Waals surface area contributed by atoms with Crippen molar-refractivity contribution >= 4 is 40.8 Å². The van der Waals surface area contributed by atoms with Crippen molar-refractivity contribution in [3.05, 3.63) is 28.2 Å². The topological polar surface area (TPSA) is 70.2 Å². The Morgan fingerprint density at radius 3 is 2.38 bits per heavy atom. The number of alkyl halides is 3. The normalized spacial score (nSPS) is 10.9. The van der Waals surface area contributed by atoms with Gasteiger partial charge in [0.15, 0.2) is 0 Å². The molecule has 21 heavy (non-hydrogen) atoms. The van der Waals surface area contributed by atoms with Gasteiger partial charge in [0.05, 0.1) is 16.6 Å². The first kappa shape index (κ1) is 17.4. The summed E-state index contributed by atoms with van der Waals surface area (Å²) >= 11 is 11.5. The van der Waals surface area contributed by atoms with E-state index in [-0.39, 0.29) is 11.6 Å². The van der Waals surface area contributed by atoms with E-state index in [9.17, 15) is 22.8 Å². The molecule has 1 aromatic rings. The van der Waals surface area contributed by atoms with Gasteiger partial charge >= 0.3 is 12.2 Å². The molecule has 3 amide bonds. The molecule has 0 radical (unpaired) electrons. The predicted octanol–water partition coefficient (Wildman–Crippen LogP) is 2.79. The van der Waals surface area contributed by atoms with Crippen LogP contribution in [0.15, 0.2) is 18.2 Å². The molecule has 5 nitrogen and oxygen atoms in total. The maximum absolute atomic E-state index is 11.8. The van der Waals surface area contributed by atoms with E-state index in [2.05, 4.69) is 5.32 Å². The van der Waals surface area contributed by atoms with Gasteiger partial charge in [0.1, 0.15) is 6.54 Å². The van der Waals surface area contributed by atoms with Crippen molar-refractivity contribution in [2.75, 3.05) is 18.4 Å². The Balaban J connectivity index is 2.37. The first-order valence-corrected chi connectivity index (χ1v) is 6.26. The maximum Gasteiger partial charge on any atom is 0.405 e. The van der Waals surface area contributed by atoms with E-state index >= 15 is 0 Å². The summed E-state index contributed by atoms with van der Waals surface area (Å²) in [5.41, 5.74) is 0.468. The predicted molar refractivity (Wildman–Crippen MR) is 72.5 cm³/mol. The summed E-state index contributed by atoms with van der Waals surface area (Å²) in [6.45, 7) is -1.84. The molecule has 0 aliphatic carbocycles. The zero-order chi connectivity index (χ0) is 16.0. The second-order valence-corrected chi connectivity index (χ2v) is 4.64. The summed E-state index contributed by atoms with van der Waals surface area (Å²) in [5.74, 6) is -0.805. The van der Waals surface area contributed by atoms with Crippen LogP contribution in [0.2, 0.25) is 10.0 Å². The highest BCUT2D eigenvalue weighted by atomic mass is 35.5. The second kappa shape index (κ2) is 7.37. The number of hydrogen-bond donors (Lipinski definition) is 3. The van der Waals surface area contributed by atoms with Gasteiger partial charge < -0.3 is 10.6 Å². The summed E-state index contributed by atoms with van der Waals surface area (Å²) in [5, 5.41) is 6.48. The first-order valence-electron chi connectivity index (χ1n) is 5.51. The Labute approximate surface area is 127 Å². The van der Waals surface area contributed by atoms with Gasteiger partial charge in [0.2, 0.25) is 5.91 Å². The highest BCUT2D eigenvalue weighted by molar-refractivity contribution is 6.42. The molecule has 0 saturated heterocycles. The minimum atomic E-state index is -4.54. The highest BCUT2D eigenvalue weighted by Gasteiger charge is 2.27. The molecule has 0 fully saturated rings. The summed E-state index contributed by atoms with van der Waals surface area (Å²) in [4.78, 5) is 22.3. The van der Waals surface area contributed by atoms with E-state index in [0.29, 0.717) is 10.7 Å². The lowest BCUT2D eigenvalue weighted by Crippen LogP contribution is -2.45. The van der Waals surface area contributed by atoms with Crippen LogP contribution in [0.1, 0.15) is 0 Å². The highest BCUT2D eigenvalue weighted by Crippen LogP contribution is 2.24. The molecule has 0 heterocycles. The Kier molecular flexibility index (Phi) is 6.10. The zero-order valence-corrected chi connectivity index (χ0v) is 11.9. The zero-order valence-electron chi connectivity index (χ0n) is 10.4. The molecule has 10 heteroatoms. The van der Waals surface area contributed by atoms with E-state index in [0.717, 1.165) is 0 Å². The van der Waals surface area contributed by atoms with Crippen LogP contribution in [-0.4, -0.2) is 31.2 Å². The standard InChI is InChI=1S/C11H10Cl2F3N3O2/c12-7-2-1-6(3-8(7)13)17-4-9(20)19-10(21)18-5-11(14,15)16/h1-3,17H,4-5H2,(H2,18,19,20,21). The number of halogens is 5. The molecule has 0 unspecified atom stereocenters. The van der Waals surface area contributed by atoms with Gasteiger partial charge in [-0.15, -0.1) is 0 Å². The average molecular weight is 344 g/mol. The van der Waals surface area contributed by atoms with Gasteiger partial charge in [-0.3, -0.25) is 10.1 Å². The molecule has 116 valence electrons. The molecular weight excluding hydrogens is 334 g/mol. The first-order chi connectivity index (χ1) is 9.67. The lowest BCUT2D eigenvalue weighted by Gasteiger charge is -2.10. The number of benzene rings is 1. The average Bonchev–Trinajstić information content (AvgIpc) is 2.37. The van der Waals surface area contributed by atoms with Crippen LogP contribution in [0.5, 0.6) is 0 Å². The van der Waals surface area contributed by atoms with Crippen LogP contribution in [-0.2, 0) is 4.79 Å². The number of anilines is 1. The molecule has 1 rings (SSSR count). The van der Waals surface area contributed by atoms with E-state index in [1.807, 2.05) is 0 Å². The summed E-state index contributed by atoms with van der Waals surface area (Å²) in [6.07, 6.45) is -4.54. The van der Waals surface area contributed by atoms with Crippen molar-refractivity contribution in [1.29, 1.82) is 0 Å². The lowest BCUT2D eigenvalue weighted by atomic mass is 10.3. The minimum Gasteiger partial charge on any atom is -0.376 e. The van der Waals surface area contributed by atoms with Crippen molar-refractivity contribution in [1.82, 2.24) is 10.6 Å². The molecule has 0 atom stereocenters. The van der Waals surface area contributed by atoms with E-state index in [1.54, 1.807) is 11.4 Å². The number of nitrogens with one attached hydrogen (secondary N) is 3. The fourth-order valence-corrected chi connectivity index (χ4v) is 1.48. The molecule has 0 saturated carbocycles. The fourth-order valence-electron chi connectivity index (χ4n) is 1.18. The fraction of sp³-hybridized carbons (Fsp3) is 0.273. The number of rotatable bonds is 4. The third kappa shape index (κ3) is 7.05. The molecule has 0 aliphatic heterocycles. The third-order valence-corrected chi connectivity index (χ3v) is 2.81. The molecular formula is C11H10Cl2F3N3O2. The van der Waals surface area contributed by atoms with Crippen LogP contribution in [0.4, 0.5) is 23.7 Å². The second-order valence-electron chi connectivity index (χ2n) is 3.83. The Morgan fingerprint density at radius 2 is 1.81 bits per heavy atom. The molecule has 1 aromatic carbocycles. The van der Waals surface area contributed by atoms with E-state index < -0.39 is 24.7 Å². The van der Waals surface area contributed by atoms with Crippen molar-refractivity contribution in [3.63, 3.8) is 0 Å². The van der Waals surface area contributed by atoms with Gasteiger partial charge in [-0.05, 0) is 18.2 Å². The maximum atomic E-state index is 11.8. The number of carbonyl (C=O) groups excluding carboxylic acids is 2. The number of imide groups is 1. The number of urea groups is 1. The molecule has 0 aromatic heterocycles. The lowest BCUT2D eigenvalue weighted by molar-refractivity contribution is -0.124. The van der Waals surface area contributed by atoms with Crippen LogP contribution in [0, 0.1) is 0 Å². The Morgan fingerprint density at radius 1 is 1.14 bits per heavy atom. The summed E-state index contributed by atoms with van der Waals surface area (Å²) in [6, 6.07) is 3.28. The van der Waals surface area contributed by atoms with Crippen LogP contribution in [0.3, 0.4) is 0 Å². The third-order valence-electron chi connectivity index (χ3n) is 2.08. The monoisotopic (exact) mass is 343 g/mol. The molecule has 0 spiro atoms. The largest absolute Gasteiger partial charge is 0.405 e. The number of hydrogen-bond acceptors (Lipinski definition) is 3. The van der Waals surface area contributed by atoms with Gasteiger partial charge in [-0.2, -0.15) is 13.2 Å². The van der Waals surface area contributed by atoms with Crippen LogP contribution >= 0.6 is 23.2 Å². The number of carbonyl (C=O) groups is 2. The quantitative estimate of drug-likeness (QED) is 0.787. The van der Waals surface area contributed by atoms with Gasteiger partial charge in [-0.1, -0.05) is 23.2 Å². The van der Waals surface area contributed by atoms with Crippen molar-refractivity contribution in [2.45, 2.75) is 6.18 Å². The summed E-state index contributed by atoms with van der Waals surface area (Å²) in [7, 11) is 0. The molecule has 0 aliphatic rings. The van der Waals surface area contributed by atoms with E-state index in [4.69, 9.17) is 23.2 Å². The van der Waals surface area contributed by atoms with Gasteiger partial charge in [-0.25, -0.2) is 4.79 Å². The van der Waals surface area contributed by atoms with Crippen molar-refractivity contribution in [3.8, 4) is 0 Å². The van der Waals surface area contributed by atoms with Gasteiger partial charge in [0.25, 0.3) is 0 Å². The van der Waals surface area contributed by atoms with Crippen LogP contribution < -0.4 is 16.0 Å². The Bertz CT molecular complexity index is 538. The van der Waals surface area contributed by atoms with Crippen molar-refractivity contribution in [2.24, 2.45) is 0 Å². The molecule has 0 bridgehead atoms. The number of amides is 3. The summed E-state index contributed by atoms with van der Waals surface area (Å²) < 4.78 is 35.5. The van der Waals surface area contributed by atoms with Gasteiger partial charge in [0, 0.05) is 5.69 Å². The van der Waals surface area contributed by atoms with E-state index in [1.165, 1.54) is 17.4 Å². The smallest absolute Gasteiger partial charge is 0.376 e.